The van der Waals surface area contributed by atoms with Crippen LogP contribution in [0.15, 0.2) is 48.5 Å². The molecule has 0 spiro atoms. The van der Waals surface area contributed by atoms with E-state index in [0.29, 0.717) is 41.2 Å². The minimum atomic E-state index is -0.873. The second-order valence-electron chi connectivity index (χ2n) is 10.3. The standard InChI is InChI=1S/C32H36F4O/c1-3-4-5-6-7-25-16-17-26(30(34)29(25)33)23-12-14-24(15-13-23)28-19-18-27(31(35)32(28)36)22-10-8-21(9-11-22)20-37-2/h12-19,21-22H,3-11,20H2,1-2H3. The predicted molar refractivity (Wildman–Crippen MR) is 142 cm³/mol. The first-order valence-corrected chi connectivity index (χ1v) is 13.5. The number of halogens is 4. The maximum absolute atomic E-state index is 15.1. The van der Waals surface area contributed by atoms with Crippen LogP contribution in [-0.4, -0.2) is 13.7 Å². The molecule has 0 bridgehead atoms. The third-order valence-electron chi connectivity index (χ3n) is 7.77. The minimum Gasteiger partial charge on any atom is -0.384 e. The summed E-state index contributed by atoms with van der Waals surface area (Å²) in [6.07, 6.45) is 8.02. The molecule has 0 unspecified atom stereocenters. The van der Waals surface area contributed by atoms with Gasteiger partial charge in [-0.1, -0.05) is 74.7 Å². The molecule has 0 saturated heterocycles. The molecule has 0 aliphatic heterocycles. The van der Waals surface area contributed by atoms with E-state index in [-0.39, 0.29) is 17.0 Å². The SMILES string of the molecule is CCCCCCc1ccc(-c2ccc(-c3ccc(C4CCC(COC)CC4)c(F)c3F)cc2)c(F)c1F. The molecular formula is C32H36F4O. The van der Waals surface area contributed by atoms with Crippen molar-refractivity contribution in [2.24, 2.45) is 5.92 Å². The van der Waals surface area contributed by atoms with E-state index >= 15 is 8.78 Å². The van der Waals surface area contributed by atoms with E-state index in [1.165, 1.54) is 0 Å². The van der Waals surface area contributed by atoms with Crippen LogP contribution < -0.4 is 0 Å². The highest BCUT2D eigenvalue weighted by Crippen LogP contribution is 2.39. The summed E-state index contributed by atoms with van der Waals surface area (Å²) in [5.74, 6) is -2.85. The molecule has 1 saturated carbocycles. The summed E-state index contributed by atoms with van der Waals surface area (Å²) >= 11 is 0. The van der Waals surface area contributed by atoms with Gasteiger partial charge >= 0.3 is 0 Å². The van der Waals surface area contributed by atoms with Crippen LogP contribution in [0.2, 0.25) is 0 Å². The quantitative estimate of drug-likeness (QED) is 0.194. The van der Waals surface area contributed by atoms with Crippen LogP contribution >= 0.6 is 0 Å². The lowest BCUT2D eigenvalue weighted by molar-refractivity contribution is 0.127. The van der Waals surface area contributed by atoms with Crippen LogP contribution in [0.5, 0.6) is 0 Å². The number of benzene rings is 3. The fraction of sp³-hybridized carbons (Fsp3) is 0.438. The van der Waals surface area contributed by atoms with Crippen LogP contribution in [0.4, 0.5) is 17.6 Å². The molecule has 0 amide bonds. The number of aryl methyl sites for hydroxylation is 1. The summed E-state index contributed by atoms with van der Waals surface area (Å²) in [7, 11) is 1.69. The van der Waals surface area contributed by atoms with Crippen molar-refractivity contribution in [1.82, 2.24) is 0 Å². The lowest BCUT2D eigenvalue weighted by atomic mass is 9.78. The van der Waals surface area contributed by atoms with Gasteiger partial charge in [-0.15, -0.1) is 0 Å². The number of hydrogen-bond donors (Lipinski definition) is 0. The summed E-state index contributed by atoms with van der Waals surface area (Å²) in [6.45, 7) is 2.81. The Labute approximate surface area is 217 Å². The van der Waals surface area contributed by atoms with Gasteiger partial charge in [-0.3, -0.25) is 0 Å². The Hall–Kier alpha value is -2.66. The van der Waals surface area contributed by atoms with E-state index in [2.05, 4.69) is 6.92 Å². The van der Waals surface area contributed by atoms with Crippen molar-refractivity contribution in [3.8, 4) is 22.3 Å². The molecule has 0 N–H and O–H groups in total. The Kier molecular flexibility index (Phi) is 9.42. The molecule has 1 fully saturated rings. The van der Waals surface area contributed by atoms with Gasteiger partial charge in [-0.05, 0) is 72.6 Å². The Bertz CT molecular complexity index is 1180. The van der Waals surface area contributed by atoms with E-state index in [0.717, 1.165) is 51.4 Å². The number of hydrogen-bond acceptors (Lipinski definition) is 1. The highest BCUT2D eigenvalue weighted by atomic mass is 19.2. The van der Waals surface area contributed by atoms with E-state index in [9.17, 15) is 8.78 Å². The second kappa shape index (κ2) is 12.7. The largest absolute Gasteiger partial charge is 0.384 e. The van der Waals surface area contributed by atoms with Crippen molar-refractivity contribution in [1.29, 1.82) is 0 Å². The lowest BCUT2D eigenvalue weighted by Crippen LogP contribution is -2.18. The Balaban J connectivity index is 1.50. The zero-order chi connectivity index (χ0) is 26.4. The van der Waals surface area contributed by atoms with Crippen LogP contribution in [0, 0.1) is 29.2 Å². The minimum absolute atomic E-state index is 0.00604. The van der Waals surface area contributed by atoms with Gasteiger partial charge in [0.1, 0.15) is 0 Å². The summed E-state index contributed by atoms with van der Waals surface area (Å²) in [6, 6.07) is 13.0. The van der Waals surface area contributed by atoms with E-state index < -0.39 is 23.3 Å². The molecule has 198 valence electrons. The van der Waals surface area contributed by atoms with Crippen molar-refractivity contribution in [3.63, 3.8) is 0 Å². The average Bonchev–Trinajstić information content (AvgIpc) is 2.91. The third kappa shape index (κ3) is 6.26. The Morgan fingerprint density at radius 3 is 1.86 bits per heavy atom. The summed E-state index contributed by atoms with van der Waals surface area (Å²) in [4.78, 5) is 0. The summed E-state index contributed by atoms with van der Waals surface area (Å²) in [5, 5.41) is 0. The molecule has 5 heteroatoms. The molecular weight excluding hydrogens is 476 g/mol. The molecule has 3 aromatic rings. The van der Waals surface area contributed by atoms with Crippen LogP contribution in [-0.2, 0) is 11.2 Å². The van der Waals surface area contributed by atoms with Crippen LogP contribution in [0.25, 0.3) is 22.3 Å². The molecule has 0 radical (unpaired) electrons. The van der Waals surface area contributed by atoms with Gasteiger partial charge in [0, 0.05) is 24.8 Å². The van der Waals surface area contributed by atoms with Gasteiger partial charge in [-0.2, -0.15) is 0 Å². The monoisotopic (exact) mass is 512 g/mol. The second-order valence-corrected chi connectivity index (χ2v) is 10.3. The zero-order valence-corrected chi connectivity index (χ0v) is 21.8. The molecule has 0 aromatic heterocycles. The van der Waals surface area contributed by atoms with Gasteiger partial charge in [0.2, 0.25) is 0 Å². The van der Waals surface area contributed by atoms with Crippen molar-refractivity contribution in [3.05, 3.63) is 82.9 Å². The lowest BCUT2D eigenvalue weighted by Gasteiger charge is -2.28. The smallest absolute Gasteiger partial charge is 0.166 e. The van der Waals surface area contributed by atoms with Gasteiger partial charge in [-0.25, -0.2) is 17.6 Å². The third-order valence-corrected chi connectivity index (χ3v) is 7.77. The van der Waals surface area contributed by atoms with E-state index in [4.69, 9.17) is 4.74 Å². The number of unbranched alkanes of at least 4 members (excludes halogenated alkanes) is 3. The van der Waals surface area contributed by atoms with Crippen molar-refractivity contribution >= 4 is 0 Å². The average molecular weight is 513 g/mol. The normalized spacial score (nSPS) is 17.8. The van der Waals surface area contributed by atoms with Crippen molar-refractivity contribution < 1.29 is 22.3 Å². The highest BCUT2D eigenvalue weighted by molar-refractivity contribution is 5.71. The topological polar surface area (TPSA) is 9.23 Å². The molecule has 0 atom stereocenters. The van der Waals surface area contributed by atoms with E-state index in [1.807, 2.05) is 0 Å². The molecule has 3 aromatic carbocycles. The molecule has 4 rings (SSSR count). The van der Waals surface area contributed by atoms with Gasteiger partial charge < -0.3 is 4.74 Å². The van der Waals surface area contributed by atoms with Crippen LogP contribution in [0.1, 0.15) is 75.3 Å². The molecule has 37 heavy (non-hydrogen) atoms. The molecule has 1 nitrogen and oxygen atoms in total. The first-order chi connectivity index (χ1) is 17.9. The van der Waals surface area contributed by atoms with Crippen molar-refractivity contribution in [2.45, 2.75) is 70.6 Å². The van der Waals surface area contributed by atoms with Gasteiger partial charge in [0.25, 0.3) is 0 Å². The van der Waals surface area contributed by atoms with Crippen molar-refractivity contribution in [2.75, 3.05) is 13.7 Å². The first-order valence-electron chi connectivity index (χ1n) is 13.5. The van der Waals surface area contributed by atoms with Crippen LogP contribution in [0.3, 0.4) is 0 Å². The number of ether oxygens (including phenoxy) is 1. The fourth-order valence-corrected chi connectivity index (χ4v) is 5.56. The fourth-order valence-electron chi connectivity index (χ4n) is 5.56. The predicted octanol–water partition coefficient (Wildman–Crippen LogP) is 9.62. The number of rotatable bonds is 10. The first kappa shape index (κ1) is 27.4. The highest BCUT2D eigenvalue weighted by Gasteiger charge is 2.26. The maximum Gasteiger partial charge on any atom is 0.166 e. The number of methoxy groups -OCH3 is 1. The Morgan fingerprint density at radius 1 is 0.676 bits per heavy atom. The molecule has 0 heterocycles. The summed E-state index contributed by atoms with van der Waals surface area (Å²) < 4.78 is 65.0. The maximum atomic E-state index is 15.1. The molecule has 1 aliphatic carbocycles. The Morgan fingerprint density at radius 2 is 1.27 bits per heavy atom. The van der Waals surface area contributed by atoms with Gasteiger partial charge in [0.05, 0.1) is 0 Å². The van der Waals surface area contributed by atoms with E-state index in [1.54, 1.807) is 55.6 Å². The zero-order valence-electron chi connectivity index (χ0n) is 21.8. The summed E-state index contributed by atoms with van der Waals surface area (Å²) in [5.41, 5.74) is 2.12. The molecule has 1 aliphatic rings. The van der Waals surface area contributed by atoms with Gasteiger partial charge in [0.15, 0.2) is 23.3 Å².